The maximum Gasteiger partial charge on any atom is 0.328 e. The fourth-order valence-corrected chi connectivity index (χ4v) is 3.13. The Morgan fingerprint density at radius 3 is 2.69 bits per heavy atom. The lowest BCUT2D eigenvalue weighted by Crippen LogP contribution is -2.39. The van der Waals surface area contributed by atoms with Crippen molar-refractivity contribution >= 4 is 18.0 Å². The van der Waals surface area contributed by atoms with Gasteiger partial charge in [0.1, 0.15) is 0 Å². The highest BCUT2D eigenvalue weighted by atomic mass is 16.4. The van der Waals surface area contributed by atoms with E-state index in [1.54, 1.807) is 6.20 Å². The highest BCUT2D eigenvalue weighted by molar-refractivity contribution is 5.85. The fraction of sp³-hybridized carbons (Fsp3) is 0.350. The summed E-state index contributed by atoms with van der Waals surface area (Å²) >= 11 is 0. The molecule has 2 heterocycles. The second-order valence-corrected chi connectivity index (χ2v) is 6.59. The van der Waals surface area contributed by atoms with E-state index in [0.29, 0.717) is 12.0 Å². The van der Waals surface area contributed by atoms with Crippen LogP contribution in [0.15, 0.2) is 42.6 Å². The Balaban J connectivity index is 1.51. The van der Waals surface area contributed by atoms with Crippen molar-refractivity contribution < 1.29 is 9.90 Å². The summed E-state index contributed by atoms with van der Waals surface area (Å²) in [5.41, 5.74) is 2.83. The zero-order valence-corrected chi connectivity index (χ0v) is 14.9. The number of rotatable bonds is 6. The lowest BCUT2D eigenvalue weighted by molar-refractivity contribution is -0.131. The number of carboxylic acid groups (broad SMARTS) is 1. The molecule has 0 saturated carbocycles. The summed E-state index contributed by atoms with van der Waals surface area (Å²) in [5.74, 6) is -0.370. The third-order valence-electron chi connectivity index (χ3n) is 4.59. The molecular formula is C20H24N4O2. The number of nitrogens with one attached hydrogen (secondary N) is 1. The van der Waals surface area contributed by atoms with Gasteiger partial charge in [-0.05, 0) is 31.4 Å². The summed E-state index contributed by atoms with van der Waals surface area (Å²) in [6, 6.07) is 10.9. The molecule has 0 bridgehead atoms. The van der Waals surface area contributed by atoms with Gasteiger partial charge in [0.05, 0.1) is 5.69 Å². The molecule has 1 aliphatic rings. The van der Waals surface area contributed by atoms with Crippen LogP contribution in [0, 0.1) is 6.92 Å². The second-order valence-electron chi connectivity index (χ2n) is 6.59. The van der Waals surface area contributed by atoms with Crippen LogP contribution in [0.3, 0.4) is 0 Å². The molecular weight excluding hydrogens is 328 g/mol. The molecule has 3 rings (SSSR count). The number of hydrogen-bond acceptors (Lipinski definition) is 5. The second kappa shape index (κ2) is 8.58. The standard InChI is InChI=1S/C20H24N4O2/c1-15-17(7-8-19(25)26)13-21-20(22-15)23-18-9-11-24(12-10-18)14-16-5-3-2-4-6-16/h2-8,13,18H,9-12,14H2,1H3,(H,25,26)(H,21,22,23). The van der Waals surface area contributed by atoms with Crippen LogP contribution in [-0.2, 0) is 11.3 Å². The summed E-state index contributed by atoms with van der Waals surface area (Å²) < 4.78 is 0. The van der Waals surface area contributed by atoms with Gasteiger partial charge < -0.3 is 10.4 Å². The molecule has 2 aromatic rings. The van der Waals surface area contributed by atoms with Crippen molar-refractivity contribution in [3.05, 3.63) is 59.4 Å². The Kier molecular flexibility index (Phi) is 5.96. The summed E-state index contributed by atoms with van der Waals surface area (Å²) in [5, 5.41) is 12.1. The molecule has 136 valence electrons. The van der Waals surface area contributed by atoms with Crippen molar-refractivity contribution in [3.8, 4) is 0 Å². The SMILES string of the molecule is Cc1nc(NC2CCN(Cc3ccccc3)CC2)ncc1C=CC(=O)O. The normalized spacial score (nSPS) is 16.0. The number of aromatic nitrogens is 2. The molecule has 0 amide bonds. The van der Waals surface area contributed by atoms with E-state index in [0.717, 1.165) is 49.8 Å². The van der Waals surface area contributed by atoms with Gasteiger partial charge in [0.25, 0.3) is 0 Å². The van der Waals surface area contributed by atoms with Crippen LogP contribution in [-0.4, -0.2) is 45.1 Å². The van der Waals surface area contributed by atoms with Crippen molar-refractivity contribution in [2.45, 2.75) is 32.4 Å². The fourth-order valence-electron chi connectivity index (χ4n) is 3.13. The number of benzene rings is 1. The molecule has 26 heavy (non-hydrogen) atoms. The van der Waals surface area contributed by atoms with Gasteiger partial charge in [-0.15, -0.1) is 0 Å². The minimum absolute atomic E-state index is 0.363. The van der Waals surface area contributed by atoms with Crippen molar-refractivity contribution in [1.82, 2.24) is 14.9 Å². The lowest BCUT2D eigenvalue weighted by Gasteiger charge is -2.32. The van der Waals surface area contributed by atoms with Gasteiger partial charge >= 0.3 is 5.97 Å². The smallest absolute Gasteiger partial charge is 0.328 e. The summed E-state index contributed by atoms with van der Waals surface area (Å²) in [4.78, 5) is 21.9. The van der Waals surface area contributed by atoms with Crippen LogP contribution < -0.4 is 5.32 Å². The van der Waals surface area contributed by atoms with E-state index >= 15 is 0 Å². The van der Waals surface area contributed by atoms with Crippen LogP contribution >= 0.6 is 0 Å². The number of aryl methyl sites for hydroxylation is 1. The van der Waals surface area contributed by atoms with Gasteiger partial charge in [-0.1, -0.05) is 30.3 Å². The minimum atomic E-state index is -0.978. The van der Waals surface area contributed by atoms with Crippen LogP contribution in [0.5, 0.6) is 0 Å². The van der Waals surface area contributed by atoms with Crippen LogP contribution in [0.1, 0.15) is 29.7 Å². The first kappa shape index (κ1) is 18.1. The van der Waals surface area contributed by atoms with Crippen molar-refractivity contribution in [2.24, 2.45) is 0 Å². The average Bonchev–Trinajstić information content (AvgIpc) is 2.63. The predicted octanol–water partition coefficient (Wildman–Crippen LogP) is 2.96. The monoisotopic (exact) mass is 352 g/mol. The van der Waals surface area contributed by atoms with Crippen LogP contribution in [0.4, 0.5) is 5.95 Å². The van der Waals surface area contributed by atoms with Gasteiger partial charge in [-0.2, -0.15) is 0 Å². The van der Waals surface area contributed by atoms with E-state index < -0.39 is 5.97 Å². The zero-order chi connectivity index (χ0) is 18.4. The molecule has 1 aromatic heterocycles. The molecule has 1 aliphatic heterocycles. The molecule has 6 heteroatoms. The Morgan fingerprint density at radius 2 is 2.04 bits per heavy atom. The topological polar surface area (TPSA) is 78.4 Å². The van der Waals surface area contributed by atoms with Gasteiger partial charge in [0.2, 0.25) is 5.95 Å². The van der Waals surface area contributed by atoms with Gasteiger partial charge in [0, 0.05) is 43.5 Å². The third kappa shape index (κ3) is 5.13. The molecule has 0 radical (unpaired) electrons. The number of aliphatic carboxylic acids is 1. The molecule has 0 unspecified atom stereocenters. The van der Waals surface area contributed by atoms with E-state index in [4.69, 9.17) is 5.11 Å². The van der Waals surface area contributed by atoms with Crippen molar-refractivity contribution in [3.63, 3.8) is 0 Å². The molecule has 1 aromatic carbocycles. The van der Waals surface area contributed by atoms with E-state index in [-0.39, 0.29) is 0 Å². The summed E-state index contributed by atoms with van der Waals surface area (Å²) in [6.45, 7) is 4.95. The first-order valence-electron chi connectivity index (χ1n) is 8.87. The van der Waals surface area contributed by atoms with E-state index in [2.05, 4.69) is 44.5 Å². The zero-order valence-electron chi connectivity index (χ0n) is 14.9. The third-order valence-corrected chi connectivity index (χ3v) is 4.59. The number of hydrogen-bond donors (Lipinski definition) is 2. The number of carbonyl (C=O) groups is 1. The van der Waals surface area contributed by atoms with Crippen molar-refractivity contribution in [2.75, 3.05) is 18.4 Å². The van der Waals surface area contributed by atoms with E-state index in [1.807, 2.05) is 13.0 Å². The number of anilines is 1. The predicted molar refractivity (Wildman–Crippen MR) is 102 cm³/mol. The largest absolute Gasteiger partial charge is 0.478 e. The summed E-state index contributed by atoms with van der Waals surface area (Å²) in [7, 11) is 0. The lowest BCUT2D eigenvalue weighted by atomic mass is 10.0. The molecule has 2 N–H and O–H groups in total. The Morgan fingerprint density at radius 1 is 1.31 bits per heavy atom. The van der Waals surface area contributed by atoms with Gasteiger partial charge in [-0.25, -0.2) is 14.8 Å². The number of carboxylic acids is 1. The van der Waals surface area contributed by atoms with E-state index in [9.17, 15) is 4.79 Å². The Bertz CT molecular complexity index is 769. The maximum absolute atomic E-state index is 10.6. The Hall–Kier alpha value is -2.73. The van der Waals surface area contributed by atoms with Crippen LogP contribution in [0.2, 0.25) is 0 Å². The molecule has 0 atom stereocenters. The minimum Gasteiger partial charge on any atom is -0.478 e. The Labute approximate surface area is 153 Å². The average molecular weight is 352 g/mol. The molecule has 1 saturated heterocycles. The van der Waals surface area contributed by atoms with Gasteiger partial charge in [0.15, 0.2) is 0 Å². The molecule has 6 nitrogen and oxygen atoms in total. The molecule has 1 fully saturated rings. The maximum atomic E-state index is 10.6. The highest BCUT2D eigenvalue weighted by Crippen LogP contribution is 2.17. The first-order valence-corrected chi connectivity index (χ1v) is 8.87. The number of piperidine rings is 1. The first-order chi connectivity index (χ1) is 12.6. The quantitative estimate of drug-likeness (QED) is 0.778. The summed E-state index contributed by atoms with van der Waals surface area (Å²) in [6.07, 6.45) is 6.38. The van der Waals surface area contributed by atoms with Crippen molar-refractivity contribution in [1.29, 1.82) is 0 Å². The highest BCUT2D eigenvalue weighted by Gasteiger charge is 2.19. The van der Waals surface area contributed by atoms with Gasteiger partial charge in [-0.3, -0.25) is 4.90 Å². The molecule has 0 aliphatic carbocycles. The van der Waals surface area contributed by atoms with Crippen LogP contribution in [0.25, 0.3) is 6.08 Å². The van der Waals surface area contributed by atoms with E-state index in [1.165, 1.54) is 11.6 Å². The number of likely N-dealkylation sites (tertiary alicyclic amines) is 1. The number of nitrogens with zero attached hydrogens (tertiary/aromatic N) is 3. The molecule has 0 spiro atoms.